The molecule has 16 heteroatoms. The van der Waals surface area contributed by atoms with Gasteiger partial charge in [-0.2, -0.15) is 15.3 Å². The van der Waals surface area contributed by atoms with Crippen LogP contribution >= 0.6 is 0 Å². The van der Waals surface area contributed by atoms with Crippen molar-refractivity contribution in [1.29, 1.82) is 0 Å². The van der Waals surface area contributed by atoms with Crippen LogP contribution in [0.3, 0.4) is 0 Å². The molecule has 70 heavy (non-hydrogen) atoms. The van der Waals surface area contributed by atoms with Crippen LogP contribution in [-0.2, 0) is 0 Å². The van der Waals surface area contributed by atoms with Gasteiger partial charge in [-0.1, -0.05) is 200 Å². The second-order valence-electron chi connectivity index (χ2n) is 6.14. The van der Waals surface area contributed by atoms with Gasteiger partial charge in [0.25, 0.3) is 0 Å². The van der Waals surface area contributed by atoms with E-state index < -0.39 is 0 Å². The van der Waals surface area contributed by atoms with Crippen molar-refractivity contribution in [2.45, 2.75) is 194 Å². The first-order chi connectivity index (χ1) is 35.0. The topological polar surface area (TPSA) is 206 Å². The van der Waals surface area contributed by atoms with Crippen LogP contribution in [0.1, 0.15) is 194 Å². The van der Waals surface area contributed by atoms with Gasteiger partial charge in [-0.15, -0.1) is 15.3 Å². The lowest BCUT2D eigenvalue weighted by molar-refractivity contribution is 0.865. The normalized spacial score (nSPS) is 6.00. The molecule has 0 radical (unpaired) electrons. The molecule has 7 aromatic heterocycles. The van der Waals surface area contributed by atoms with E-state index in [-0.39, 0.29) is 0 Å². The molecule has 0 atom stereocenters. The van der Waals surface area contributed by atoms with E-state index in [4.69, 9.17) is 0 Å². The smallest absolute Gasteiger partial charge is 0.138 e. The summed E-state index contributed by atoms with van der Waals surface area (Å²) in [6.07, 6.45) is 30.2. The molecule has 0 unspecified atom stereocenters. The molecule has 16 nitrogen and oxygen atoms in total. The largest absolute Gasteiger partial charge is 0.265 e. The predicted octanol–water partition coefficient (Wildman–Crippen LogP) is 16.5. The Labute approximate surface area is 433 Å². The van der Waals surface area contributed by atoms with Gasteiger partial charge >= 0.3 is 0 Å². The van der Waals surface area contributed by atoms with Gasteiger partial charge in [0, 0.05) is 68.2 Å². The van der Waals surface area contributed by atoms with E-state index in [2.05, 4.69) is 80.7 Å². The first kappa shape index (κ1) is 101. The molecule has 0 amide bonds. The Morgan fingerprint density at radius 2 is 0.371 bits per heavy atom. The Hall–Kier alpha value is -6.58. The summed E-state index contributed by atoms with van der Waals surface area (Å²) >= 11 is 0. The van der Waals surface area contributed by atoms with Crippen molar-refractivity contribution >= 4 is 0 Å². The lowest BCUT2D eigenvalue weighted by Crippen LogP contribution is -1.78. The van der Waals surface area contributed by atoms with Crippen molar-refractivity contribution in [1.82, 2.24) is 80.7 Å². The number of pyridine rings is 1. The highest BCUT2D eigenvalue weighted by atomic mass is 15.3. The van der Waals surface area contributed by atoms with Crippen LogP contribution < -0.4 is 0 Å². The van der Waals surface area contributed by atoms with E-state index in [1.165, 1.54) is 37.8 Å². The fraction of sp³-hybridized carbons (Fsp3) is 0.519. The highest BCUT2D eigenvalue weighted by Gasteiger charge is 1.63. The Morgan fingerprint density at radius 1 is 0.143 bits per heavy atom. The van der Waals surface area contributed by atoms with Crippen molar-refractivity contribution in [2.24, 2.45) is 0 Å². The van der Waals surface area contributed by atoms with Crippen LogP contribution in [0.5, 0.6) is 0 Å². The Morgan fingerprint density at radius 3 is 0.471 bits per heavy atom. The summed E-state index contributed by atoms with van der Waals surface area (Å²) in [5.41, 5.74) is 0. The Kier molecular flexibility index (Phi) is 271. The number of hydrogen-bond donors (Lipinski definition) is 0. The molecule has 406 valence electrons. The third-order valence-corrected chi connectivity index (χ3v) is 3.22. The molecule has 0 aliphatic heterocycles. The highest BCUT2D eigenvalue weighted by molar-refractivity contribution is 4.88. The number of aromatic nitrogens is 16. The SMILES string of the molecule is CC.CC.CC.CC.CC.CC.CC.CC.CC.CC.CC.CC.CC.CC.c1ccncc1.c1ccnnc1.c1cnccn1.c1cncnc1.c1cnncn1.c1cnnnc1.c1ncncn1. The summed E-state index contributed by atoms with van der Waals surface area (Å²) in [6, 6.07) is 12.9. The quantitative estimate of drug-likeness (QED) is 0.138. The van der Waals surface area contributed by atoms with E-state index in [9.17, 15) is 0 Å². The van der Waals surface area contributed by atoms with E-state index in [0.717, 1.165) is 0 Å². The number of hydrogen-bond acceptors (Lipinski definition) is 16. The summed E-state index contributed by atoms with van der Waals surface area (Å²) in [7, 11) is 0. The fourth-order valence-electron chi connectivity index (χ4n) is 1.69. The molecule has 0 bridgehead atoms. The van der Waals surface area contributed by atoms with Crippen molar-refractivity contribution in [3.8, 4) is 0 Å². The molecule has 7 heterocycles. The van der Waals surface area contributed by atoms with Gasteiger partial charge in [0.15, 0.2) is 0 Å². The van der Waals surface area contributed by atoms with E-state index >= 15 is 0 Å². The van der Waals surface area contributed by atoms with Gasteiger partial charge in [-0.05, 0) is 41.6 Å². The lowest BCUT2D eigenvalue weighted by Gasteiger charge is -1.70. The van der Waals surface area contributed by atoms with Gasteiger partial charge in [-0.25, -0.2) is 29.9 Å². The first-order valence-corrected chi connectivity index (χ1v) is 25.7. The van der Waals surface area contributed by atoms with Crippen molar-refractivity contribution in [2.75, 3.05) is 0 Å². The van der Waals surface area contributed by atoms with Gasteiger partial charge < -0.3 is 0 Å². The second kappa shape index (κ2) is 188. The Bertz CT molecular complexity index is 868. The lowest BCUT2D eigenvalue weighted by atomic mass is 10.5. The van der Waals surface area contributed by atoms with Crippen LogP contribution in [0.4, 0.5) is 0 Å². The third-order valence-electron chi connectivity index (χ3n) is 3.22. The average Bonchev–Trinajstić information content (AvgIpc) is 3.56. The summed E-state index contributed by atoms with van der Waals surface area (Å²) < 4.78 is 0. The Balaban J connectivity index is -0.0000000402. The maximum Gasteiger partial charge on any atom is 0.138 e. The zero-order valence-electron chi connectivity index (χ0n) is 50.2. The van der Waals surface area contributed by atoms with Crippen molar-refractivity contribution in [3.63, 3.8) is 0 Å². The summed E-state index contributed by atoms with van der Waals surface area (Å²) in [5, 5.41) is 24.1. The minimum absolute atomic E-state index is 1.39. The molecule has 7 rings (SSSR count). The molecule has 0 aliphatic rings. The van der Waals surface area contributed by atoms with Gasteiger partial charge in [-0.3, -0.25) is 15.0 Å². The van der Waals surface area contributed by atoms with Crippen LogP contribution in [0.15, 0.2) is 161 Å². The predicted molar refractivity (Wildman–Crippen MR) is 309 cm³/mol. The maximum atomic E-state index is 3.78. The van der Waals surface area contributed by atoms with Gasteiger partial charge in [0.05, 0.1) is 18.6 Å². The van der Waals surface area contributed by atoms with Crippen LogP contribution in [0.2, 0.25) is 0 Å². The van der Waals surface area contributed by atoms with Crippen LogP contribution in [0.25, 0.3) is 0 Å². The second-order valence-corrected chi connectivity index (χ2v) is 6.14. The summed E-state index contributed by atoms with van der Waals surface area (Å²) in [5.74, 6) is 0. The molecular formula is C54H110N16. The first-order valence-electron chi connectivity index (χ1n) is 25.7. The maximum absolute atomic E-state index is 3.78. The zero-order valence-corrected chi connectivity index (χ0v) is 50.2. The summed E-state index contributed by atoms with van der Waals surface area (Å²) in [6.45, 7) is 56.0. The molecular weight excluding hydrogens is 873 g/mol. The molecule has 0 spiro atoms. The van der Waals surface area contributed by atoms with E-state index in [0.29, 0.717) is 0 Å². The van der Waals surface area contributed by atoms with Crippen molar-refractivity contribution in [3.05, 3.63) is 161 Å². The molecule has 0 saturated heterocycles. The molecule has 0 aromatic carbocycles. The summed E-state index contributed by atoms with van der Waals surface area (Å²) in [4.78, 5) is 32.9. The van der Waals surface area contributed by atoms with E-state index in [1.54, 1.807) is 92.7 Å². The van der Waals surface area contributed by atoms with E-state index in [1.807, 2.05) is 224 Å². The molecule has 0 saturated carbocycles. The zero-order chi connectivity index (χ0) is 57.7. The molecule has 0 fully saturated rings. The minimum Gasteiger partial charge on any atom is -0.265 e. The van der Waals surface area contributed by atoms with Crippen LogP contribution in [0, 0.1) is 0 Å². The fourth-order valence-corrected chi connectivity index (χ4v) is 1.69. The average molecular weight is 984 g/mol. The highest BCUT2D eigenvalue weighted by Crippen LogP contribution is 1.74. The van der Waals surface area contributed by atoms with Gasteiger partial charge in [0.2, 0.25) is 0 Å². The monoisotopic (exact) mass is 983 g/mol. The van der Waals surface area contributed by atoms with Gasteiger partial charge in [0.1, 0.15) is 31.6 Å². The third kappa shape index (κ3) is 179. The van der Waals surface area contributed by atoms with Crippen LogP contribution in [-0.4, -0.2) is 80.7 Å². The molecule has 7 aromatic rings. The molecule has 0 N–H and O–H groups in total. The standard InChI is InChI=1S/C5H5N.3C4H4N2.3C3H3N3.14C2H6/c1-2-4-6-5-3-1;1-2-6-4-3-5-1;1-2-5-4-6-3-1;1-2-4-6-5-3-1;1-4-2-6-3-5-1;1-2-5-6-3-4-1;1-2-4-6-5-3-1;14*1-2/h1-5H;3*1-4H;3*1-3H;14*1-2H3. The number of rotatable bonds is 0. The minimum atomic E-state index is 1.39. The number of nitrogens with zero attached hydrogens (tertiary/aromatic N) is 16. The molecule has 0 aliphatic carbocycles. The van der Waals surface area contributed by atoms with Crippen molar-refractivity contribution < 1.29 is 0 Å².